The van der Waals surface area contributed by atoms with Gasteiger partial charge in [0.05, 0.1) is 18.2 Å². The number of carbonyl (C=O) groups excluding carboxylic acids is 3. The van der Waals surface area contributed by atoms with Crippen molar-refractivity contribution in [2.24, 2.45) is 0 Å². The summed E-state index contributed by atoms with van der Waals surface area (Å²) < 4.78 is 10.0. The number of hydrogen-bond acceptors (Lipinski definition) is 8. The van der Waals surface area contributed by atoms with Crippen molar-refractivity contribution in [1.29, 1.82) is 0 Å². The van der Waals surface area contributed by atoms with Gasteiger partial charge in [0.25, 0.3) is 0 Å². The normalized spacial score (nSPS) is 14.0. The van der Waals surface area contributed by atoms with Crippen molar-refractivity contribution < 1.29 is 48.8 Å². The molecule has 146 valence electrons. The average Bonchev–Trinajstić information content (AvgIpc) is 3.05. The van der Waals surface area contributed by atoms with Crippen LogP contribution < -0.4 is 4.74 Å². The van der Waals surface area contributed by atoms with Gasteiger partial charge in [-0.25, -0.2) is 14.4 Å². The predicted octanol–water partition coefficient (Wildman–Crippen LogP) is 1.24. The van der Waals surface area contributed by atoms with Crippen LogP contribution in [0.3, 0.4) is 0 Å². The minimum absolute atomic E-state index is 0.00399. The van der Waals surface area contributed by atoms with Crippen LogP contribution in [-0.2, 0) is 11.3 Å². The van der Waals surface area contributed by atoms with Crippen LogP contribution in [0.4, 0.5) is 0 Å². The number of esters is 1. The van der Waals surface area contributed by atoms with E-state index in [4.69, 9.17) is 9.47 Å². The molecule has 1 heterocycles. The average molecular weight is 398 g/mol. The lowest BCUT2D eigenvalue weighted by molar-refractivity contribution is 0.0531. The second kappa shape index (κ2) is 5.89. The molecule has 10 heteroatoms. The third kappa shape index (κ3) is 2.25. The Balaban J connectivity index is 2.10. The number of cyclic esters (lactones) is 1. The summed E-state index contributed by atoms with van der Waals surface area (Å²) in [5.41, 5.74) is -3.33. The molecule has 0 saturated carbocycles. The zero-order chi connectivity index (χ0) is 21.2. The maximum absolute atomic E-state index is 13.1. The third-order valence-corrected chi connectivity index (χ3v) is 4.85. The molecule has 0 amide bonds. The molecule has 0 radical (unpaired) electrons. The predicted molar refractivity (Wildman–Crippen MR) is 91.0 cm³/mol. The van der Waals surface area contributed by atoms with Crippen LogP contribution in [0.5, 0.6) is 11.5 Å². The number of carbonyl (C=O) groups is 5. The van der Waals surface area contributed by atoms with Crippen molar-refractivity contribution in [2.45, 2.75) is 6.61 Å². The van der Waals surface area contributed by atoms with Crippen molar-refractivity contribution in [2.75, 3.05) is 7.11 Å². The van der Waals surface area contributed by atoms with Gasteiger partial charge in [0.2, 0.25) is 0 Å². The molecule has 10 nitrogen and oxygen atoms in total. The minimum Gasteiger partial charge on any atom is -0.506 e. The van der Waals surface area contributed by atoms with Gasteiger partial charge in [0, 0.05) is 22.3 Å². The number of benzene rings is 2. The van der Waals surface area contributed by atoms with E-state index in [1.807, 2.05) is 0 Å². The molecule has 29 heavy (non-hydrogen) atoms. The van der Waals surface area contributed by atoms with Gasteiger partial charge in [-0.15, -0.1) is 0 Å². The Morgan fingerprint density at radius 2 is 1.62 bits per heavy atom. The zero-order valence-corrected chi connectivity index (χ0v) is 14.6. The molecule has 3 N–H and O–H groups in total. The number of hydrogen-bond donors (Lipinski definition) is 3. The van der Waals surface area contributed by atoms with Crippen molar-refractivity contribution in [3.8, 4) is 11.5 Å². The van der Waals surface area contributed by atoms with Crippen molar-refractivity contribution in [3.05, 3.63) is 56.6 Å². The third-order valence-electron chi connectivity index (χ3n) is 4.85. The fourth-order valence-corrected chi connectivity index (χ4v) is 3.62. The number of phenols is 1. The number of rotatable bonds is 3. The van der Waals surface area contributed by atoms with E-state index < -0.39 is 57.5 Å². The summed E-state index contributed by atoms with van der Waals surface area (Å²) in [6.45, 7) is -0.318. The summed E-state index contributed by atoms with van der Waals surface area (Å²) in [6.07, 6.45) is 0. The number of fused-ring (bicyclic) bond motifs is 4. The van der Waals surface area contributed by atoms with Crippen LogP contribution in [0.15, 0.2) is 12.1 Å². The summed E-state index contributed by atoms with van der Waals surface area (Å²) in [6, 6.07) is 1.90. The van der Waals surface area contributed by atoms with Gasteiger partial charge in [0.1, 0.15) is 29.2 Å². The molecule has 0 aromatic heterocycles. The number of ether oxygens (including phenoxy) is 2. The van der Waals surface area contributed by atoms with Gasteiger partial charge < -0.3 is 24.8 Å². The Bertz CT molecular complexity index is 1200. The van der Waals surface area contributed by atoms with E-state index in [9.17, 15) is 39.3 Å². The second-order valence-corrected chi connectivity index (χ2v) is 6.27. The smallest absolute Gasteiger partial charge is 0.342 e. The van der Waals surface area contributed by atoms with Crippen molar-refractivity contribution in [3.63, 3.8) is 0 Å². The van der Waals surface area contributed by atoms with E-state index in [-0.39, 0.29) is 34.6 Å². The summed E-state index contributed by atoms with van der Waals surface area (Å²) >= 11 is 0. The number of methoxy groups -OCH3 is 1. The Kier molecular flexibility index (Phi) is 3.69. The molecule has 2 aromatic carbocycles. The fourth-order valence-electron chi connectivity index (χ4n) is 3.62. The quantitative estimate of drug-likeness (QED) is 0.547. The first-order valence-corrected chi connectivity index (χ1v) is 8.05. The van der Waals surface area contributed by atoms with Gasteiger partial charge in [-0.1, -0.05) is 0 Å². The fraction of sp³-hybridized carbons (Fsp3) is 0.105. The van der Waals surface area contributed by atoms with E-state index in [1.54, 1.807) is 0 Å². The molecule has 0 atom stereocenters. The molecule has 0 spiro atoms. The molecule has 0 fully saturated rings. The molecular weight excluding hydrogens is 388 g/mol. The molecule has 1 aliphatic carbocycles. The van der Waals surface area contributed by atoms with Gasteiger partial charge >= 0.3 is 17.9 Å². The first-order valence-electron chi connectivity index (χ1n) is 8.05. The van der Waals surface area contributed by atoms with E-state index in [0.29, 0.717) is 0 Å². The standard InChI is InChI=1S/C19H10O10/c1-28-9-3-6-10(8-4-29-19(27)11(8)9)15(21)12-5(14(6)20)2-7(17(23)24)13(16(12)22)18(25)26/h2-3,22H,4H2,1H3,(H,23,24)(H,25,26). The number of aromatic hydroxyl groups is 1. The lowest BCUT2D eigenvalue weighted by Crippen LogP contribution is -2.25. The highest BCUT2D eigenvalue weighted by Gasteiger charge is 2.42. The first kappa shape index (κ1) is 18.2. The second-order valence-electron chi connectivity index (χ2n) is 6.27. The molecule has 1 aliphatic heterocycles. The summed E-state index contributed by atoms with van der Waals surface area (Å²) in [5, 5.41) is 29.0. The highest BCUT2D eigenvalue weighted by Crippen LogP contribution is 2.42. The highest BCUT2D eigenvalue weighted by atomic mass is 16.5. The van der Waals surface area contributed by atoms with Crippen molar-refractivity contribution >= 4 is 29.5 Å². The van der Waals surface area contributed by atoms with Gasteiger partial charge in [-0.05, 0) is 12.1 Å². The zero-order valence-electron chi connectivity index (χ0n) is 14.6. The van der Waals surface area contributed by atoms with E-state index >= 15 is 0 Å². The largest absolute Gasteiger partial charge is 0.506 e. The summed E-state index contributed by atoms with van der Waals surface area (Å²) in [4.78, 5) is 61.1. The Hall–Kier alpha value is -4.21. The number of carboxylic acid groups (broad SMARTS) is 2. The Morgan fingerprint density at radius 3 is 2.21 bits per heavy atom. The topological polar surface area (TPSA) is 164 Å². The number of ketones is 2. The lowest BCUT2D eigenvalue weighted by Gasteiger charge is -2.22. The molecule has 4 rings (SSSR count). The number of carboxylic acids is 2. The number of aromatic carboxylic acids is 2. The van der Waals surface area contributed by atoms with E-state index in [0.717, 1.165) is 12.1 Å². The SMILES string of the molecule is COc1cc2c(c3c1C(=O)OC3)C(=O)c1c(cc(C(=O)O)c(C(=O)O)c1O)C2=O. The monoisotopic (exact) mass is 398 g/mol. The maximum atomic E-state index is 13.1. The highest BCUT2D eigenvalue weighted by molar-refractivity contribution is 6.32. The summed E-state index contributed by atoms with van der Waals surface area (Å²) in [5.74, 6) is -7.14. The lowest BCUT2D eigenvalue weighted by atomic mass is 9.78. The molecule has 0 saturated heterocycles. The molecule has 0 bridgehead atoms. The molecule has 2 aromatic rings. The van der Waals surface area contributed by atoms with Crippen LogP contribution in [-0.4, -0.2) is 51.9 Å². The van der Waals surface area contributed by atoms with E-state index in [2.05, 4.69) is 0 Å². The molecular formula is C19H10O10. The molecule has 2 aliphatic rings. The van der Waals surface area contributed by atoms with Crippen molar-refractivity contribution in [1.82, 2.24) is 0 Å². The first-order chi connectivity index (χ1) is 13.7. The van der Waals surface area contributed by atoms with Crippen LogP contribution in [0, 0.1) is 0 Å². The van der Waals surface area contributed by atoms with Crippen LogP contribution in [0.1, 0.15) is 68.5 Å². The van der Waals surface area contributed by atoms with Crippen LogP contribution in [0.25, 0.3) is 0 Å². The Morgan fingerprint density at radius 1 is 0.966 bits per heavy atom. The summed E-state index contributed by atoms with van der Waals surface area (Å²) in [7, 11) is 1.25. The minimum atomic E-state index is -1.78. The molecule has 0 unspecified atom stereocenters. The Labute approximate surface area is 160 Å². The van der Waals surface area contributed by atoms with Gasteiger partial charge in [-0.3, -0.25) is 9.59 Å². The van der Waals surface area contributed by atoms with Gasteiger partial charge in [0.15, 0.2) is 11.6 Å². The maximum Gasteiger partial charge on any atom is 0.342 e. The van der Waals surface area contributed by atoms with E-state index in [1.165, 1.54) is 7.11 Å². The van der Waals surface area contributed by atoms with Crippen LogP contribution >= 0.6 is 0 Å². The van der Waals surface area contributed by atoms with Gasteiger partial charge in [-0.2, -0.15) is 0 Å². The van der Waals surface area contributed by atoms with Crippen LogP contribution in [0.2, 0.25) is 0 Å².